The van der Waals surface area contributed by atoms with E-state index in [1.165, 1.54) is 12.1 Å². The maximum Gasteiger partial charge on any atom is 0.323 e. The van der Waals surface area contributed by atoms with Crippen molar-refractivity contribution >= 4 is 5.97 Å². The number of rotatable bonds is 6. The number of aromatic nitrogens is 2. The second-order valence-electron chi connectivity index (χ2n) is 4.86. The Kier molecular flexibility index (Phi) is 4.32. The average molecular weight is 293 g/mol. The first kappa shape index (κ1) is 15.1. The molecule has 1 aromatic carbocycles. The van der Waals surface area contributed by atoms with Gasteiger partial charge in [-0.1, -0.05) is 12.1 Å². The molecule has 6 nitrogen and oxygen atoms in total. The van der Waals surface area contributed by atoms with E-state index >= 15 is 0 Å². The van der Waals surface area contributed by atoms with Crippen LogP contribution in [0.2, 0.25) is 0 Å². The standard InChI is InChI=1S/C14H16FN3O3/c1-3-14(2,13(19)20)16-8-11-17-12(18-21-11)9-4-6-10(15)7-5-9/h4-7,16H,3,8H2,1-2H3,(H,19,20). The number of halogens is 1. The van der Waals surface area contributed by atoms with Crippen LogP contribution in [0.3, 0.4) is 0 Å². The second kappa shape index (κ2) is 6.01. The minimum absolute atomic E-state index is 0.144. The van der Waals surface area contributed by atoms with Crippen LogP contribution in [-0.2, 0) is 11.3 Å². The van der Waals surface area contributed by atoms with Gasteiger partial charge in [0, 0.05) is 5.56 Å². The molecule has 0 aliphatic carbocycles. The number of carboxylic acids is 1. The van der Waals surface area contributed by atoms with Crippen molar-refractivity contribution in [2.45, 2.75) is 32.4 Å². The van der Waals surface area contributed by atoms with E-state index in [1.54, 1.807) is 26.0 Å². The number of hydrogen-bond donors (Lipinski definition) is 2. The van der Waals surface area contributed by atoms with E-state index in [1.807, 2.05) is 0 Å². The van der Waals surface area contributed by atoms with E-state index in [0.29, 0.717) is 17.8 Å². The first-order valence-corrected chi connectivity index (χ1v) is 6.51. The van der Waals surface area contributed by atoms with Crippen LogP contribution < -0.4 is 5.32 Å². The highest BCUT2D eigenvalue weighted by Gasteiger charge is 2.30. The van der Waals surface area contributed by atoms with Crippen LogP contribution in [0.15, 0.2) is 28.8 Å². The maximum absolute atomic E-state index is 12.8. The summed E-state index contributed by atoms with van der Waals surface area (Å²) in [4.78, 5) is 15.3. The molecule has 0 aliphatic rings. The van der Waals surface area contributed by atoms with Gasteiger partial charge in [0.25, 0.3) is 0 Å². The average Bonchev–Trinajstić information content (AvgIpc) is 2.94. The van der Waals surface area contributed by atoms with Gasteiger partial charge in [0.15, 0.2) is 0 Å². The van der Waals surface area contributed by atoms with E-state index < -0.39 is 11.5 Å². The summed E-state index contributed by atoms with van der Waals surface area (Å²) in [6.07, 6.45) is 0.418. The van der Waals surface area contributed by atoms with E-state index in [2.05, 4.69) is 15.5 Å². The molecule has 1 atom stereocenters. The third-order valence-electron chi connectivity index (χ3n) is 3.38. The van der Waals surface area contributed by atoms with Gasteiger partial charge in [-0.25, -0.2) is 4.39 Å². The molecule has 1 heterocycles. The summed E-state index contributed by atoms with van der Waals surface area (Å²) in [6, 6.07) is 5.71. The van der Waals surface area contributed by atoms with Crippen LogP contribution in [0.5, 0.6) is 0 Å². The summed E-state index contributed by atoms with van der Waals surface area (Å²) in [7, 11) is 0. The highest BCUT2D eigenvalue weighted by Crippen LogP contribution is 2.17. The van der Waals surface area contributed by atoms with E-state index in [-0.39, 0.29) is 18.3 Å². The van der Waals surface area contributed by atoms with E-state index in [9.17, 15) is 9.18 Å². The monoisotopic (exact) mass is 293 g/mol. The number of carbonyl (C=O) groups is 1. The quantitative estimate of drug-likeness (QED) is 0.849. The summed E-state index contributed by atoms with van der Waals surface area (Å²) in [5.41, 5.74) is -0.423. The first-order valence-electron chi connectivity index (χ1n) is 6.51. The van der Waals surface area contributed by atoms with Crippen molar-refractivity contribution in [1.82, 2.24) is 15.5 Å². The zero-order valence-electron chi connectivity index (χ0n) is 11.8. The largest absolute Gasteiger partial charge is 0.480 e. The number of aliphatic carboxylic acids is 1. The minimum atomic E-state index is -1.05. The lowest BCUT2D eigenvalue weighted by Crippen LogP contribution is -2.48. The summed E-state index contributed by atoms with van der Waals surface area (Å²) in [5.74, 6) is -0.678. The molecule has 1 aromatic heterocycles. The summed E-state index contributed by atoms with van der Waals surface area (Å²) >= 11 is 0. The molecule has 0 saturated carbocycles. The molecular formula is C14H16FN3O3. The molecule has 0 fully saturated rings. The van der Waals surface area contributed by atoms with E-state index in [0.717, 1.165) is 0 Å². The van der Waals surface area contributed by atoms with Gasteiger partial charge in [0.05, 0.1) is 6.54 Å². The first-order chi connectivity index (χ1) is 9.94. The van der Waals surface area contributed by atoms with Gasteiger partial charge in [-0.2, -0.15) is 4.98 Å². The number of nitrogens with one attached hydrogen (secondary N) is 1. The fraction of sp³-hybridized carbons (Fsp3) is 0.357. The van der Waals surface area contributed by atoms with Crippen molar-refractivity contribution < 1.29 is 18.8 Å². The van der Waals surface area contributed by atoms with Crippen molar-refractivity contribution in [3.05, 3.63) is 36.0 Å². The zero-order valence-corrected chi connectivity index (χ0v) is 11.8. The molecule has 0 bridgehead atoms. The van der Waals surface area contributed by atoms with Crippen molar-refractivity contribution in [2.75, 3.05) is 0 Å². The lowest BCUT2D eigenvalue weighted by Gasteiger charge is -2.23. The Morgan fingerprint density at radius 2 is 2.10 bits per heavy atom. The van der Waals surface area contributed by atoms with Crippen LogP contribution in [0.1, 0.15) is 26.2 Å². The molecule has 2 N–H and O–H groups in total. The Balaban J connectivity index is 2.07. The topological polar surface area (TPSA) is 88.3 Å². The molecule has 0 radical (unpaired) electrons. The van der Waals surface area contributed by atoms with Gasteiger partial charge in [0.2, 0.25) is 11.7 Å². The van der Waals surface area contributed by atoms with Crippen molar-refractivity contribution in [3.63, 3.8) is 0 Å². The highest BCUT2D eigenvalue weighted by molar-refractivity contribution is 5.78. The van der Waals surface area contributed by atoms with Crippen LogP contribution >= 0.6 is 0 Å². The van der Waals surface area contributed by atoms with Crippen molar-refractivity contribution in [1.29, 1.82) is 0 Å². The fourth-order valence-electron chi connectivity index (χ4n) is 1.67. The molecule has 21 heavy (non-hydrogen) atoms. The van der Waals surface area contributed by atoms with E-state index in [4.69, 9.17) is 9.63 Å². The zero-order chi connectivity index (χ0) is 15.5. The van der Waals surface area contributed by atoms with Crippen molar-refractivity contribution in [2.24, 2.45) is 0 Å². The molecule has 1 unspecified atom stereocenters. The number of nitrogens with zero attached hydrogens (tertiary/aromatic N) is 2. The Morgan fingerprint density at radius 3 is 2.67 bits per heavy atom. The Hall–Kier alpha value is -2.28. The Bertz CT molecular complexity index is 627. The van der Waals surface area contributed by atoms with Crippen LogP contribution in [0.4, 0.5) is 4.39 Å². The normalized spacial score (nSPS) is 13.9. The predicted molar refractivity (Wildman–Crippen MR) is 72.9 cm³/mol. The number of hydrogen-bond acceptors (Lipinski definition) is 5. The maximum atomic E-state index is 12.8. The smallest absolute Gasteiger partial charge is 0.323 e. The predicted octanol–water partition coefficient (Wildman–Crippen LogP) is 2.22. The number of benzene rings is 1. The van der Waals surface area contributed by atoms with Gasteiger partial charge in [-0.3, -0.25) is 10.1 Å². The molecule has 112 valence electrons. The van der Waals surface area contributed by atoms with Gasteiger partial charge < -0.3 is 9.63 Å². The van der Waals surface area contributed by atoms with Crippen molar-refractivity contribution in [3.8, 4) is 11.4 Å². The molecule has 0 saturated heterocycles. The second-order valence-corrected chi connectivity index (χ2v) is 4.86. The van der Waals surface area contributed by atoms with Gasteiger partial charge >= 0.3 is 5.97 Å². The molecule has 2 rings (SSSR count). The van der Waals surface area contributed by atoms with Crippen LogP contribution in [-0.4, -0.2) is 26.8 Å². The van der Waals surface area contributed by atoms with Gasteiger partial charge in [0.1, 0.15) is 11.4 Å². The van der Waals surface area contributed by atoms with Crippen LogP contribution in [0.25, 0.3) is 11.4 Å². The fourth-order valence-corrected chi connectivity index (χ4v) is 1.67. The molecule has 0 aliphatic heterocycles. The third-order valence-corrected chi connectivity index (χ3v) is 3.38. The molecule has 7 heteroatoms. The van der Waals surface area contributed by atoms with Gasteiger partial charge in [-0.15, -0.1) is 0 Å². The summed E-state index contributed by atoms with van der Waals surface area (Å²) in [6.45, 7) is 3.51. The lowest BCUT2D eigenvalue weighted by molar-refractivity contribution is -0.144. The summed E-state index contributed by atoms with van der Waals surface area (Å²) in [5, 5.41) is 15.8. The Morgan fingerprint density at radius 1 is 1.43 bits per heavy atom. The Labute approximate surface area is 121 Å². The summed E-state index contributed by atoms with van der Waals surface area (Å²) < 4.78 is 17.9. The van der Waals surface area contributed by atoms with Gasteiger partial charge in [-0.05, 0) is 37.6 Å². The third kappa shape index (κ3) is 3.43. The molecule has 0 amide bonds. The molecule has 2 aromatic rings. The highest BCUT2D eigenvalue weighted by atomic mass is 19.1. The SMILES string of the molecule is CCC(C)(NCc1nc(-c2ccc(F)cc2)no1)C(=O)O. The minimum Gasteiger partial charge on any atom is -0.480 e. The molecule has 0 spiro atoms. The lowest BCUT2D eigenvalue weighted by atomic mass is 9.99. The van der Waals surface area contributed by atoms with Crippen LogP contribution in [0, 0.1) is 5.82 Å². The number of carboxylic acid groups (broad SMARTS) is 1. The molecular weight excluding hydrogens is 277 g/mol.